The lowest BCUT2D eigenvalue weighted by Crippen LogP contribution is -2.44. The van der Waals surface area contributed by atoms with E-state index < -0.39 is 0 Å². The maximum atomic E-state index is 13.0. The normalized spacial score (nSPS) is 17.3. The van der Waals surface area contributed by atoms with Crippen LogP contribution < -0.4 is 0 Å². The van der Waals surface area contributed by atoms with Crippen LogP contribution in [0.3, 0.4) is 0 Å². The Kier molecular flexibility index (Phi) is 6.56. The summed E-state index contributed by atoms with van der Waals surface area (Å²) >= 11 is 0. The van der Waals surface area contributed by atoms with E-state index in [9.17, 15) is 4.79 Å². The van der Waals surface area contributed by atoms with Gasteiger partial charge in [-0.05, 0) is 55.9 Å². The zero-order valence-electron chi connectivity index (χ0n) is 16.5. The molecule has 144 valence electrons. The molecule has 1 fully saturated rings. The van der Waals surface area contributed by atoms with Crippen molar-refractivity contribution in [1.82, 2.24) is 15.1 Å². The molecule has 1 saturated heterocycles. The predicted octanol–water partition coefficient (Wildman–Crippen LogP) is 4.30. The molecule has 3 rings (SSSR count). The monoisotopic (exact) mass is 367 g/mol. The van der Waals surface area contributed by atoms with E-state index in [1.807, 2.05) is 41.3 Å². The Morgan fingerprint density at radius 3 is 2.56 bits per heavy atom. The Labute approximate surface area is 161 Å². The first-order valence-corrected chi connectivity index (χ1v) is 9.84. The van der Waals surface area contributed by atoms with Crippen LogP contribution in [0.25, 0.3) is 11.3 Å². The van der Waals surface area contributed by atoms with E-state index in [-0.39, 0.29) is 11.9 Å². The number of methoxy groups -OCH3 is 1. The van der Waals surface area contributed by atoms with Crippen LogP contribution >= 0.6 is 0 Å². The summed E-state index contributed by atoms with van der Waals surface area (Å²) in [6.45, 7) is 5.73. The fraction of sp³-hybridized carbons (Fsp3) is 0.500. The van der Waals surface area contributed by atoms with Crippen molar-refractivity contribution in [3.05, 3.63) is 47.7 Å². The van der Waals surface area contributed by atoms with Gasteiger partial charge in [-0.2, -0.15) is 10.2 Å². The van der Waals surface area contributed by atoms with Gasteiger partial charge in [-0.3, -0.25) is 4.79 Å². The van der Waals surface area contributed by atoms with Gasteiger partial charge in [-0.15, -0.1) is 0 Å². The molecular formula is C22H29N3O2. The summed E-state index contributed by atoms with van der Waals surface area (Å²) in [6, 6.07) is 12.0. The number of ether oxygens (including phenoxy) is 1. The Morgan fingerprint density at radius 1 is 1.15 bits per heavy atom. The van der Waals surface area contributed by atoms with Crippen LogP contribution in [0.5, 0.6) is 0 Å². The highest BCUT2D eigenvalue weighted by Crippen LogP contribution is 2.24. The molecule has 1 aliphatic rings. The minimum atomic E-state index is 0.114. The van der Waals surface area contributed by atoms with Crippen molar-refractivity contribution < 1.29 is 9.53 Å². The van der Waals surface area contributed by atoms with Gasteiger partial charge in [0, 0.05) is 37.4 Å². The third kappa shape index (κ3) is 4.72. The maximum absolute atomic E-state index is 13.0. The second kappa shape index (κ2) is 9.09. The lowest BCUT2D eigenvalue weighted by Gasteiger charge is -2.36. The van der Waals surface area contributed by atoms with Gasteiger partial charge in [0.2, 0.25) is 0 Å². The van der Waals surface area contributed by atoms with Crippen molar-refractivity contribution in [1.29, 1.82) is 0 Å². The van der Waals surface area contributed by atoms with Crippen LogP contribution in [0.1, 0.15) is 61.5 Å². The van der Waals surface area contributed by atoms with E-state index in [4.69, 9.17) is 4.74 Å². The highest BCUT2D eigenvalue weighted by Gasteiger charge is 2.27. The number of amides is 1. The molecule has 1 aromatic carbocycles. The zero-order valence-corrected chi connectivity index (χ0v) is 16.5. The van der Waals surface area contributed by atoms with E-state index in [1.54, 1.807) is 7.11 Å². The molecule has 2 heterocycles. The van der Waals surface area contributed by atoms with Crippen molar-refractivity contribution in [2.45, 2.75) is 51.5 Å². The summed E-state index contributed by atoms with van der Waals surface area (Å²) in [5.41, 5.74) is 3.52. The van der Waals surface area contributed by atoms with Gasteiger partial charge in [0.15, 0.2) is 0 Å². The van der Waals surface area contributed by atoms with E-state index in [0.29, 0.717) is 12.5 Å². The SMILES string of the molecule is COCCC1CCCCN1C(=O)c1ccc(-c2ccc(C(C)C)nn2)cc1. The first-order valence-electron chi connectivity index (χ1n) is 9.84. The number of hydrogen-bond donors (Lipinski definition) is 0. The van der Waals surface area contributed by atoms with Gasteiger partial charge in [-0.25, -0.2) is 0 Å². The van der Waals surface area contributed by atoms with Gasteiger partial charge in [0.1, 0.15) is 0 Å². The number of piperidine rings is 1. The number of nitrogens with zero attached hydrogens (tertiary/aromatic N) is 3. The molecule has 27 heavy (non-hydrogen) atoms. The number of hydrogen-bond acceptors (Lipinski definition) is 4. The second-order valence-corrected chi connectivity index (χ2v) is 7.51. The van der Waals surface area contributed by atoms with Gasteiger partial charge >= 0.3 is 0 Å². The number of benzene rings is 1. The average molecular weight is 367 g/mol. The fourth-order valence-corrected chi connectivity index (χ4v) is 3.58. The van der Waals surface area contributed by atoms with E-state index in [1.165, 1.54) is 6.42 Å². The van der Waals surface area contributed by atoms with Crippen molar-refractivity contribution in [3.63, 3.8) is 0 Å². The van der Waals surface area contributed by atoms with Crippen molar-refractivity contribution >= 4 is 5.91 Å². The first kappa shape index (κ1) is 19.5. The van der Waals surface area contributed by atoms with Crippen LogP contribution in [-0.2, 0) is 4.74 Å². The largest absolute Gasteiger partial charge is 0.385 e. The highest BCUT2D eigenvalue weighted by molar-refractivity contribution is 5.95. The number of carbonyl (C=O) groups excluding carboxylic acids is 1. The molecule has 1 unspecified atom stereocenters. The van der Waals surface area contributed by atoms with Crippen LogP contribution in [0.2, 0.25) is 0 Å². The van der Waals surface area contributed by atoms with Gasteiger partial charge in [0.05, 0.1) is 11.4 Å². The summed E-state index contributed by atoms with van der Waals surface area (Å²) in [5, 5.41) is 8.61. The number of likely N-dealkylation sites (tertiary alicyclic amines) is 1. The maximum Gasteiger partial charge on any atom is 0.254 e. The topological polar surface area (TPSA) is 55.3 Å². The average Bonchev–Trinajstić information content (AvgIpc) is 2.72. The van der Waals surface area contributed by atoms with Crippen molar-refractivity contribution in [2.75, 3.05) is 20.3 Å². The molecular weight excluding hydrogens is 338 g/mol. The molecule has 0 bridgehead atoms. The lowest BCUT2D eigenvalue weighted by atomic mass is 9.98. The van der Waals surface area contributed by atoms with Gasteiger partial charge in [0.25, 0.3) is 5.91 Å². The Morgan fingerprint density at radius 2 is 1.93 bits per heavy atom. The summed E-state index contributed by atoms with van der Waals surface area (Å²) in [7, 11) is 1.71. The van der Waals surface area contributed by atoms with Crippen LogP contribution in [0.15, 0.2) is 36.4 Å². The standard InChI is InChI=1S/C22H29N3O2/c1-16(2)20-11-12-21(24-23-20)17-7-9-18(10-8-17)22(26)25-14-5-4-6-19(25)13-15-27-3/h7-12,16,19H,4-6,13-15H2,1-3H3. The quantitative estimate of drug-likeness (QED) is 0.764. The number of rotatable bonds is 6. The fourth-order valence-electron chi connectivity index (χ4n) is 3.58. The van der Waals surface area contributed by atoms with E-state index in [2.05, 4.69) is 24.0 Å². The summed E-state index contributed by atoms with van der Waals surface area (Å²) in [6.07, 6.45) is 4.22. The molecule has 2 aromatic rings. The Balaban J connectivity index is 1.72. The van der Waals surface area contributed by atoms with E-state index in [0.717, 1.165) is 48.3 Å². The van der Waals surface area contributed by atoms with Crippen molar-refractivity contribution in [2.24, 2.45) is 0 Å². The van der Waals surface area contributed by atoms with Crippen LogP contribution in [-0.4, -0.2) is 47.3 Å². The predicted molar refractivity (Wildman–Crippen MR) is 107 cm³/mol. The number of aromatic nitrogens is 2. The van der Waals surface area contributed by atoms with Crippen LogP contribution in [0.4, 0.5) is 0 Å². The first-order chi connectivity index (χ1) is 13.1. The van der Waals surface area contributed by atoms with Crippen molar-refractivity contribution in [3.8, 4) is 11.3 Å². The smallest absolute Gasteiger partial charge is 0.254 e. The number of carbonyl (C=O) groups is 1. The molecule has 5 heteroatoms. The van der Waals surface area contributed by atoms with Crippen LogP contribution in [0, 0.1) is 0 Å². The zero-order chi connectivity index (χ0) is 19.2. The van der Waals surface area contributed by atoms with E-state index >= 15 is 0 Å². The molecule has 1 aliphatic heterocycles. The molecule has 0 aliphatic carbocycles. The minimum absolute atomic E-state index is 0.114. The third-order valence-electron chi connectivity index (χ3n) is 5.25. The summed E-state index contributed by atoms with van der Waals surface area (Å²) in [5.74, 6) is 0.478. The minimum Gasteiger partial charge on any atom is -0.385 e. The molecule has 0 spiro atoms. The third-order valence-corrected chi connectivity index (χ3v) is 5.25. The second-order valence-electron chi connectivity index (χ2n) is 7.51. The molecule has 0 N–H and O–H groups in total. The molecule has 0 radical (unpaired) electrons. The molecule has 1 aromatic heterocycles. The van der Waals surface area contributed by atoms with Gasteiger partial charge in [-0.1, -0.05) is 26.0 Å². The Hall–Kier alpha value is -2.27. The highest BCUT2D eigenvalue weighted by atomic mass is 16.5. The Bertz CT molecular complexity index is 741. The summed E-state index contributed by atoms with van der Waals surface area (Å²) in [4.78, 5) is 15.0. The molecule has 1 amide bonds. The molecule has 1 atom stereocenters. The summed E-state index contributed by atoms with van der Waals surface area (Å²) < 4.78 is 5.22. The van der Waals surface area contributed by atoms with Gasteiger partial charge < -0.3 is 9.64 Å². The molecule has 0 saturated carbocycles. The molecule has 5 nitrogen and oxygen atoms in total. The lowest BCUT2D eigenvalue weighted by molar-refractivity contribution is 0.0553.